The van der Waals surface area contributed by atoms with E-state index in [9.17, 15) is 9.90 Å². The Labute approximate surface area is 206 Å². The van der Waals surface area contributed by atoms with Gasteiger partial charge in [-0.3, -0.25) is 4.79 Å². The second kappa shape index (κ2) is 9.67. The summed E-state index contributed by atoms with van der Waals surface area (Å²) in [5.74, 6) is -0.0960. The minimum absolute atomic E-state index is 0.101. The topological polar surface area (TPSA) is 70.9 Å². The van der Waals surface area contributed by atoms with E-state index in [1.165, 1.54) is 5.56 Å². The lowest BCUT2D eigenvalue weighted by atomic mass is 9.90. The van der Waals surface area contributed by atoms with Crippen molar-refractivity contribution in [3.8, 4) is 11.1 Å². The van der Waals surface area contributed by atoms with Gasteiger partial charge in [0, 0.05) is 13.1 Å². The van der Waals surface area contributed by atoms with Crippen LogP contribution in [0.25, 0.3) is 11.1 Å². The molecule has 1 saturated carbocycles. The minimum Gasteiger partial charge on any atom is -0.481 e. The Bertz CT molecular complexity index is 1200. The van der Waals surface area contributed by atoms with Crippen LogP contribution >= 0.6 is 0 Å². The van der Waals surface area contributed by atoms with E-state index >= 15 is 0 Å². The predicted molar refractivity (Wildman–Crippen MR) is 139 cm³/mol. The van der Waals surface area contributed by atoms with E-state index in [4.69, 9.17) is 4.84 Å². The number of carboxylic acids is 1. The van der Waals surface area contributed by atoms with Crippen molar-refractivity contribution in [3.63, 3.8) is 0 Å². The Morgan fingerprint density at radius 2 is 1.66 bits per heavy atom. The first-order valence-corrected chi connectivity index (χ1v) is 12.4. The molecule has 5 heteroatoms. The van der Waals surface area contributed by atoms with Gasteiger partial charge in [0.05, 0.1) is 17.0 Å². The second-order valence-electron chi connectivity index (χ2n) is 9.92. The zero-order chi connectivity index (χ0) is 24.4. The SMILES string of the molecule is CC1=NOC(c2ccc(-c3ccc(C4(C(=O)O)CC4)cc3)cc2)C1CNCC(C)c1ccccc1. The van der Waals surface area contributed by atoms with Gasteiger partial charge in [-0.2, -0.15) is 0 Å². The number of hydrogen-bond donors (Lipinski definition) is 2. The Balaban J connectivity index is 1.22. The standard InChI is InChI=1S/C30H32N2O3/c1-20(22-6-4-3-5-7-22)18-31-19-27-21(2)32-35-28(27)25-10-8-23(9-11-25)24-12-14-26(15-13-24)30(16-17-30)29(33)34/h3-15,20,27-28,31H,16-19H2,1-2H3,(H,33,34). The van der Waals surface area contributed by atoms with Crippen LogP contribution in [0.5, 0.6) is 0 Å². The molecule has 3 unspecified atom stereocenters. The fourth-order valence-electron chi connectivity index (χ4n) is 5.00. The molecular formula is C30H32N2O3. The molecule has 1 heterocycles. The molecule has 0 radical (unpaired) electrons. The molecule has 0 saturated heterocycles. The number of benzene rings is 3. The normalized spacial score (nSPS) is 21.1. The van der Waals surface area contributed by atoms with Crippen LogP contribution in [0.2, 0.25) is 0 Å². The van der Waals surface area contributed by atoms with E-state index in [0.717, 1.165) is 53.9 Å². The van der Waals surface area contributed by atoms with Crippen molar-refractivity contribution in [3.05, 3.63) is 95.6 Å². The van der Waals surface area contributed by atoms with E-state index in [2.05, 4.69) is 65.9 Å². The monoisotopic (exact) mass is 468 g/mol. The zero-order valence-electron chi connectivity index (χ0n) is 20.3. The molecule has 3 aromatic rings. The molecule has 5 rings (SSSR count). The molecule has 0 amide bonds. The van der Waals surface area contributed by atoms with Crippen LogP contribution in [0.1, 0.15) is 55.4 Å². The average molecular weight is 469 g/mol. The van der Waals surface area contributed by atoms with Crippen molar-refractivity contribution < 1.29 is 14.7 Å². The molecule has 1 aliphatic carbocycles. The van der Waals surface area contributed by atoms with Crippen LogP contribution in [0.15, 0.2) is 84.0 Å². The quantitative estimate of drug-likeness (QED) is 0.409. The molecule has 1 fully saturated rings. The lowest BCUT2D eigenvalue weighted by molar-refractivity contribution is -0.140. The van der Waals surface area contributed by atoms with Gasteiger partial charge >= 0.3 is 5.97 Å². The van der Waals surface area contributed by atoms with Gasteiger partial charge in [0.2, 0.25) is 0 Å². The fraction of sp³-hybridized carbons (Fsp3) is 0.333. The van der Waals surface area contributed by atoms with Crippen LogP contribution in [-0.2, 0) is 15.0 Å². The molecule has 3 atom stereocenters. The molecule has 0 bridgehead atoms. The maximum Gasteiger partial charge on any atom is 0.314 e. The molecular weight excluding hydrogens is 436 g/mol. The fourth-order valence-corrected chi connectivity index (χ4v) is 5.00. The Hall–Kier alpha value is -3.44. The van der Waals surface area contributed by atoms with E-state index in [0.29, 0.717) is 5.92 Å². The number of nitrogens with zero attached hydrogens (tertiary/aromatic N) is 1. The third-order valence-corrected chi connectivity index (χ3v) is 7.57. The molecule has 180 valence electrons. The number of carbonyl (C=O) groups is 1. The van der Waals surface area contributed by atoms with Crippen molar-refractivity contribution in [1.82, 2.24) is 5.32 Å². The number of rotatable bonds is 9. The summed E-state index contributed by atoms with van der Waals surface area (Å²) in [6.07, 6.45) is 1.34. The summed E-state index contributed by atoms with van der Waals surface area (Å²) in [6.45, 7) is 5.99. The summed E-state index contributed by atoms with van der Waals surface area (Å²) in [7, 11) is 0. The van der Waals surface area contributed by atoms with E-state index in [-0.39, 0.29) is 12.0 Å². The van der Waals surface area contributed by atoms with Crippen molar-refractivity contribution >= 4 is 11.7 Å². The second-order valence-corrected chi connectivity index (χ2v) is 9.92. The maximum atomic E-state index is 11.6. The van der Waals surface area contributed by atoms with Crippen LogP contribution in [0.3, 0.4) is 0 Å². The number of carboxylic acid groups (broad SMARTS) is 1. The van der Waals surface area contributed by atoms with Crippen molar-refractivity contribution in [2.45, 2.75) is 44.1 Å². The van der Waals surface area contributed by atoms with E-state index in [1.807, 2.05) is 37.3 Å². The maximum absolute atomic E-state index is 11.6. The molecule has 2 aliphatic rings. The highest BCUT2D eigenvalue weighted by molar-refractivity contribution is 5.86. The Kier molecular flexibility index (Phi) is 6.44. The highest BCUT2D eigenvalue weighted by atomic mass is 16.6. The summed E-state index contributed by atoms with van der Waals surface area (Å²) in [4.78, 5) is 17.4. The van der Waals surface area contributed by atoms with Gasteiger partial charge < -0.3 is 15.3 Å². The van der Waals surface area contributed by atoms with Crippen LogP contribution < -0.4 is 5.32 Å². The first-order valence-electron chi connectivity index (χ1n) is 12.4. The highest BCUT2D eigenvalue weighted by Gasteiger charge is 2.51. The summed E-state index contributed by atoms with van der Waals surface area (Å²) >= 11 is 0. The number of nitrogens with one attached hydrogen (secondary N) is 1. The van der Waals surface area contributed by atoms with Gasteiger partial charge in [0.15, 0.2) is 6.10 Å². The first-order chi connectivity index (χ1) is 17.0. The molecule has 2 N–H and O–H groups in total. The van der Waals surface area contributed by atoms with Crippen molar-refractivity contribution in [2.75, 3.05) is 13.1 Å². The third kappa shape index (κ3) is 4.73. The largest absolute Gasteiger partial charge is 0.481 e. The first kappa shape index (κ1) is 23.3. The van der Waals surface area contributed by atoms with Gasteiger partial charge in [-0.25, -0.2) is 0 Å². The van der Waals surface area contributed by atoms with Crippen LogP contribution in [0.4, 0.5) is 0 Å². The van der Waals surface area contributed by atoms with Crippen LogP contribution in [0, 0.1) is 5.92 Å². The molecule has 3 aromatic carbocycles. The van der Waals surface area contributed by atoms with E-state index in [1.54, 1.807) is 0 Å². The molecule has 0 spiro atoms. The summed E-state index contributed by atoms with van der Waals surface area (Å²) < 4.78 is 0. The summed E-state index contributed by atoms with van der Waals surface area (Å²) in [5.41, 5.74) is 5.87. The van der Waals surface area contributed by atoms with Crippen molar-refractivity contribution in [1.29, 1.82) is 0 Å². The molecule has 0 aromatic heterocycles. The summed E-state index contributed by atoms with van der Waals surface area (Å²) in [6, 6.07) is 27.0. The van der Waals surface area contributed by atoms with Gasteiger partial charge in [-0.15, -0.1) is 0 Å². The van der Waals surface area contributed by atoms with Gasteiger partial charge in [0.25, 0.3) is 0 Å². The number of aliphatic carboxylic acids is 1. The van der Waals surface area contributed by atoms with Crippen LogP contribution in [-0.4, -0.2) is 29.9 Å². The Morgan fingerprint density at radius 1 is 1.03 bits per heavy atom. The highest BCUT2D eigenvalue weighted by Crippen LogP contribution is 2.48. The van der Waals surface area contributed by atoms with Gasteiger partial charge in [0.1, 0.15) is 0 Å². The molecule has 1 aliphatic heterocycles. The average Bonchev–Trinajstić information content (AvgIpc) is 3.63. The van der Waals surface area contributed by atoms with Gasteiger partial charge in [-0.05, 0) is 53.5 Å². The third-order valence-electron chi connectivity index (χ3n) is 7.57. The zero-order valence-corrected chi connectivity index (χ0v) is 20.3. The predicted octanol–water partition coefficient (Wildman–Crippen LogP) is 5.93. The van der Waals surface area contributed by atoms with E-state index < -0.39 is 11.4 Å². The Morgan fingerprint density at radius 3 is 2.26 bits per heavy atom. The van der Waals surface area contributed by atoms with Crippen molar-refractivity contribution in [2.24, 2.45) is 11.1 Å². The number of oxime groups is 1. The lowest BCUT2D eigenvalue weighted by Gasteiger charge is -2.21. The number of hydrogen-bond acceptors (Lipinski definition) is 4. The molecule has 35 heavy (non-hydrogen) atoms. The summed E-state index contributed by atoms with van der Waals surface area (Å²) in [5, 5.41) is 17.4. The van der Waals surface area contributed by atoms with Gasteiger partial charge in [-0.1, -0.05) is 90.9 Å². The lowest BCUT2D eigenvalue weighted by Crippen LogP contribution is -2.31. The minimum atomic E-state index is -0.720. The molecule has 5 nitrogen and oxygen atoms in total. The smallest absolute Gasteiger partial charge is 0.314 e.